The number of benzene rings is 1. The van der Waals surface area contributed by atoms with Crippen molar-refractivity contribution in [2.24, 2.45) is 0 Å². The van der Waals surface area contributed by atoms with Crippen LogP contribution < -0.4 is 10.6 Å². The van der Waals surface area contributed by atoms with Crippen molar-refractivity contribution in [3.05, 3.63) is 30.3 Å². The first-order chi connectivity index (χ1) is 8.31. The molecule has 0 aliphatic carbocycles. The Morgan fingerprint density at radius 1 is 1.18 bits per heavy atom. The Balaban J connectivity index is 2.49. The zero-order chi connectivity index (χ0) is 12.5. The molecule has 0 amide bonds. The average Bonchev–Trinajstić information content (AvgIpc) is 2.38. The van der Waals surface area contributed by atoms with E-state index in [0.717, 1.165) is 17.8 Å². The predicted octanol–water partition coefficient (Wildman–Crippen LogP) is 4.36. The van der Waals surface area contributed by atoms with Gasteiger partial charge in [-0.2, -0.15) is 0 Å². The Morgan fingerprint density at radius 2 is 2.00 bits per heavy atom. The number of rotatable bonds is 8. The third-order valence-corrected chi connectivity index (χ3v) is 2.89. The minimum atomic E-state index is 1.04. The second-order valence-corrected chi connectivity index (χ2v) is 4.25. The van der Waals surface area contributed by atoms with Gasteiger partial charge in [-0.3, -0.25) is 0 Å². The highest BCUT2D eigenvalue weighted by Crippen LogP contribution is 2.23. The van der Waals surface area contributed by atoms with Crippen molar-refractivity contribution in [3.8, 4) is 0 Å². The number of anilines is 2. The first-order valence-electron chi connectivity index (χ1n) is 6.50. The predicted molar refractivity (Wildman–Crippen MR) is 78.7 cm³/mol. The summed E-state index contributed by atoms with van der Waals surface area (Å²) in [6, 6.07) is 6.31. The lowest BCUT2D eigenvalue weighted by atomic mass is 10.1. The summed E-state index contributed by atoms with van der Waals surface area (Å²) < 4.78 is 0. The van der Waals surface area contributed by atoms with E-state index in [1.54, 1.807) is 0 Å². The standard InChI is InChI=1S/C15H24N2/c1-4-6-7-8-11-17-14-10-9-13(5-2)12-15(14)16-3/h5,9-10,12,16-17H,2,4,6-8,11H2,1,3H3. The Hall–Kier alpha value is -1.44. The molecule has 0 saturated heterocycles. The summed E-state index contributed by atoms with van der Waals surface area (Å²) in [5, 5.41) is 6.69. The molecule has 0 fully saturated rings. The maximum absolute atomic E-state index is 3.78. The molecule has 0 bridgehead atoms. The summed E-state index contributed by atoms with van der Waals surface area (Å²) in [6.45, 7) is 7.06. The largest absolute Gasteiger partial charge is 0.386 e. The summed E-state index contributed by atoms with van der Waals surface area (Å²) in [4.78, 5) is 0. The first kappa shape index (κ1) is 13.6. The highest BCUT2D eigenvalue weighted by atomic mass is 14.9. The van der Waals surface area contributed by atoms with Gasteiger partial charge in [0.05, 0.1) is 11.4 Å². The summed E-state index contributed by atoms with van der Waals surface area (Å²) in [7, 11) is 1.95. The molecule has 0 spiro atoms. The molecule has 2 N–H and O–H groups in total. The second-order valence-electron chi connectivity index (χ2n) is 4.25. The van der Waals surface area contributed by atoms with E-state index in [-0.39, 0.29) is 0 Å². The van der Waals surface area contributed by atoms with Crippen LogP contribution in [0.4, 0.5) is 11.4 Å². The number of unbranched alkanes of at least 4 members (excludes halogenated alkanes) is 3. The van der Waals surface area contributed by atoms with E-state index in [9.17, 15) is 0 Å². The molecule has 0 unspecified atom stereocenters. The Bertz CT molecular complexity index is 345. The molecular formula is C15H24N2. The van der Waals surface area contributed by atoms with Crippen LogP contribution in [-0.2, 0) is 0 Å². The number of nitrogens with one attached hydrogen (secondary N) is 2. The molecule has 1 rings (SSSR count). The number of hydrogen-bond acceptors (Lipinski definition) is 2. The second kappa shape index (κ2) is 7.77. The Morgan fingerprint density at radius 3 is 2.65 bits per heavy atom. The summed E-state index contributed by atoms with van der Waals surface area (Å²) in [5.74, 6) is 0. The highest BCUT2D eigenvalue weighted by molar-refractivity contribution is 5.72. The Labute approximate surface area is 105 Å². The summed E-state index contributed by atoms with van der Waals surface area (Å²) in [5.41, 5.74) is 3.46. The van der Waals surface area contributed by atoms with Gasteiger partial charge in [-0.25, -0.2) is 0 Å². The molecule has 0 saturated carbocycles. The summed E-state index contributed by atoms with van der Waals surface area (Å²) in [6.07, 6.45) is 7.03. The van der Waals surface area contributed by atoms with Crippen LogP contribution in [0.15, 0.2) is 24.8 Å². The average molecular weight is 232 g/mol. The Kier molecular flexibility index (Phi) is 6.23. The maximum atomic E-state index is 3.78. The van der Waals surface area contributed by atoms with Gasteiger partial charge in [0.1, 0.15) is 0 Å². The molecule has 0 aromatic heterocycles. The molecule has 0 aliphatic rings. The van der Waals surface area contributed by atoms with Crippen LogP contribution in [0, 0.1) is 0 Å². The van der Waals surface area contributed by atoms with E-state index in [4.69, 9.17) is 0 Å². The van der Waals surface area contributed by atoms with Gasteiger partial charge in [-0.15, -0.1) is 0 Å². The van der Waals surface area contributed by atoms with Crippen molar-refractivity contribution >= 4 is 17.5 Å². The molecule has 0 radical (unpaired) electrons. The molecular weight excluding hydrogens is 208 g/mol. The smallest absolute Gasteiger partial charge is 0.0579 e. The van der Waals surface area contributed by atoms with Crippen LogP contribution in [-0.4, -0.2) is 13.6 Å². The third kappa shape index (κ3) is 4.51. The van der Waals surface area contributed by atoms with E-state index >= 15 is 0 Å². The van der Waals surface area contributed by atoms with Crippen LogP contribution in [0.1, 0.15) is 38.2 Å². The van der Waals surface area contributed by atoms with Crippen LogP contribution in [0.2, 0.25) is 0 Å². The van der Waals surface area contributed by atoms with Crippen LogP contribution in [0.3, 0.4) is 0 Å². The molecule has 0 atom stereocenters. The van der Waals surface area contributed by atoms with Crippen LogP contribution >= 0.6 is 0 Å². The topological polar surface area (TPSA) is 24.1 Å². The molecule has 2 nitrogen and oxygen atoms in total. The minimum absolute atomic E-state index is 1.04. The molecule has 1 aromatic rings. The fourth-order valence-corrected chi connectivity index (χ4v) is 1.82. The lowest BCUT2D eigenvalue weighted by molar-refractivity contribution is 0.685. The van der Waals surface area contributed by atoms with Crippen molar-refractivity contribution in [3.63, 3.8) is 0 Å². The van der Waals surface area contributed by atoms with Gasteiger partial charge in [-0.05, 0) is 24.1 Å². The van der Waals surface area contributed by atoms with Gasteiger partial charge in [0.2, 0.25) is 0 Å². The molecule has 0 heterocycles. The SMILES string of the molecule is C=Cc1ccc(NCCCCCC)c(NC)c1. The van der Waals surface area contributed by atoms with Crippen LogP contribution in [0.25, 0.3) is 6.08 Å². The first-order valence-corrected chi connectivity index (χ1v) is 6.50. The zero-order valence-corrected chi connectivity index (χ0v) is 11.1. The van der Waals surface area contributed by atoms with E-state index in [2.05, 4.69) is 42.3 Å². The normalized spacial score (nSPS) is 10.0. The zero-order valence-electron chi connectivity index (χ0n) is 11.1. The minimum Gasteiger partial charge on any atom is -0.386 e. The summed E-state index contributed by atoms with van der Waals surface area (Å²) >= 11 is 0. The molecule has 17 heavy (non-hydrogen) atoms. The van der Waals surface area contributed by atoms with Crippen LogP contribution in [0.5, 0.6) is 0 Å². The van der Waals surface area contributed by atoms with E-state index in [1.807, 2.05) is 13.1 Å². The number of hydrogen-bond donors (Lipinski definition) is 2. The van der Waals surface area contributed by atoms with Gasteiger partial charge in [-0.1, -0.05) is 44.9 Å². The van der Waals surface area contributed by atoms with E-state index < -0.39 is 0 Å². The fraction of sp³-hybridized carbons (Fsp3) is 0.467. The third-order valence-electron chi connectivity index (χ3n) is 2.89. The van der Waals surface area contributed by atoms with Gasteiger partial charge in [0.25, 0.3) is 0 Å². The van der Waals surface area contributed by atoms with Gasteiger partial charge in [0, 0.05) is 13.6 Å². The lowest BCUT2D eigenvalue weighted by Crippen LogP contribution is -2.04. The van der Waals surface area contributed by atoms with Crippen molar-refractivity contribution in [1.29, 1.82) is 0 Å². The highest BCUT2D eigenvalue weighted by Gasteiger charge is 2.00. The monoisotopic (exact) mass is 232 g/mol. The van der Waals surface area contributed by atoms with Gasteiger partial charge in [0.15, 0.2) is 0 Å². The van der Waals surface area contributed by atoms with Crippen molar-refractivity contribution < 1.29 is 0 Å². The lowest BCUT2D eigenvalue weighted by Gasteiger charge is -2.12. The van der Waals surface area contributed by atoms with E-state index in [0.29, 0.717) is 0 Å². The van der Waals surface area contributed by atoms with Crippen molar-refractivity contribution in [2.45, 2.75) is 32.6 Å². The maximum Gasteiger partial charge on any atom is 0.0579 e. The van der Waals surface area contributed by atoms with Crippen molar-refractivity contribution in [2.75, 3.05) is 24.2 Å². The molecule has 2 heteroatoms. The van der Waals surface area contributed by atoms with Gasteiger partial charge >= 0.3 is 0 Å². The quantitative estimate of drug-likeness (QED) is 0.651. The fourth-order valence-electron chi connectivity index (χ4n) is 1.82. The van der Waals surface area contributed by atoms with E-state index in [1.165, 1.54) is 31.4 Å². The molecule has 0 aliphatic heterocycles. The molecule has 94 valence electrons. The molecule has 1 aromatic carbocycles. The van der Waals surface area contributed by atoms with Crippen molar-refractivity contribution in [1.82, 2.24) is 0 Å². The van der Waals surface area contributed by atoms with Gasteiger partial charge < -0.3 is 10.6 Å².